The highest BCUT2D eigenvalue weighted by Gasteiger charge is 2.41. The van der Waals surface area contributed by atoms with E-state index in [4.69, 9.17) is 11.6 Å². The van der Waals surface area contributed by atoms with E-state index < -0.39 is 0 Å². The van der Waals surface area contributed by atoms with Gasteiger partial charge < -0.3 is 10.6 Å². The fourth-order valence-corrected chi connectivity index (χ4v) is 2.56. The van der Waals surface area contributed by atoms with Crippen LogP contribution in [0, 0.1) is 5.82 Å². The van der Waals surface area contributed by atoms with Gasteiger partial charge in [-0.15, -0.1) is 0 Å². The molecule has 0 bridgehead atoms. The molecule has 1 aliphatic carbocycles. The van der Waals surface area contributed by atoms with Gasteiger partial charge in [-0.3, -0.25) is 4.99 Å². The molecule has 2 rings (SSSR count). The van der Waals surface area contributed by atoms with Crippen LogP contribution in [-0.4, -0.2) is 25.1 Å². The second-order valence-corrected chi connectivity index (χ2v) is 5.40. The summed E-state index contributed by atoms with van der Waals surface area (Å²) in [6.45, 7) is 5.72. The minimum absolute atomic E-state index is 0.134. The van der Waals surface area contributed by atoms with Crippen molar-refractivity contribution in [3.63, 3.8) is 0 Å². The van der Waals surface area contributed by atoms with Crippen molar-refractivity contribution in [3.05, 3.63) is 34.6 Å². The lowest BCUT2D eigenvalue weighted by molar-refractivity contribution is 0.608. The van der Waals surface area contributed by atoms with Gasteiger partial charge in [-0.05, 0) is 31.9 Å². The molecule has 1 aliphatic rings. The molecule has 0 spiro atoms. The predicted molar refractivity (Wildman–Crippen MR) is 82.0 cm³/mol. The Labute approximate surface area is 124 Å². The lowest BCUT2D eigenvalue weighted by Crippen LogP contribution is -2.39. The van der Waals surface area contributed by atoms with Gasteiger partial charge in [0.25, 0.3) is 0 Å². The van der Waals surface area contributed by atoms with Gasteiger partial charge in [-0.1, -0.05) is 24.6 Å². The molecule has 110 valence electrons. The molecule has 0 aliphatic heterocycles. The summed E-state index contributed by atoms with van der Waals surface area (Å²) in [6.07, 6.45) is 1.89. The van der Waals surface area contributed by atoms with Gasteiger partial charge in [0.05, 0.1) is 0 Å². The van der Waals surface area contributed by atoms with Crippen LogP contribution in [0.15, 0.2) is 23.2 Å². The topological polar surface area (TPSA) is 36.4 Å². The number of aliphatic imine (C=N–C) groups is 1. The van der Waals surface area contributed by atoms with Crippen molar-refractivity contribution in [2.24, 2.45) is 4.99 Å². The number of guanidine groups is 1. The minimum Gasteiger partial charge on any atom is -0.357 e. The Bertz CT molecular complexity index is 470. The van der Waals surface area contributed by atoms with E-state index in [1.165, 1.54) is 6.07 Å². The van der Waals surface area contributed by atoms with Crippen LogP contribution in [0.1, 0.15) is 38.2 Å². The quantitative estimate of drug-likeness (QED) is 0.646. The number of hydrogen-bond donors (Lipinski definition) is 2. The average molecular weight is 298 g/mol. The summed E-state index contributed by atoms with van der Waals surface area (Å²) in [4.78, 5) is 4.45. The van der Waals surface area contributed by atoms with E-state index in [2.05, 4.69) is 22.5 Å². The van der Waals surface area contributed by atoms with Crippen molar-refractivity contribution in [1.29, 1.82) is 0 Å². The Balaban J connectivity index is 2.00. The van der Waals surface area contributed by atoms with Gasteiger partial charge in [0.1, 0.15) is 5.82 Å². The van der Waals surface area contributed by atoms with Crippen molar-refractivity contribution in [1.82, 2.24) is 10.6 Å². The summed E-state index contributed by atoms with van der Waals surface area (Å²) in [5, 5.41) is 7.05. The summed E-state index contributed by atoms with van der Waals surface area (Å²) in [6, 6.07) is 5.05. The van der Waals surface area contributed by atoms with Crippen LogP contribution in [0.25, 0.3) is 0 Å². The van der Waals surface area contributed by atoms with Gasteiger partial charge in [0.15, 0.2) is 5.96 Å². The SMILES string of the molecule is CCCN=C(NCC)NC1CC1c1c(F)cccc1Cl. The molecule has 1 fully saturated rings. The number of rotatable bonds is 5. The fourth-order valence-electron chi connectivity index (χ4n) is 2.26. The molecule has 2 N–H and O–H groups in total. The summed E-state index contributed by atoms with van der Waals surface area (Å²) in [7, 11) is 0. The van der Waals surface area contributed by atoms with E-state index in [0.29, 0.717) is 10.6 Å². The molecule has 0 radical (unpaired) electrons. The average Bonchev–Trinajstić information content (AvgIpc) is 3.15. The molecular weight excluding hydrogens is 277 g/mol. The van der Waals surface area contributed by atoms with E-state index in [1.807, 2.05) is 6.92 Å². The number of nitrogens with zero attached hydrogens (tertiary/aromatic N) is 1. The van der Waals surface area contributed by atoms with Crippen molar-refractivity contribution < 1.29 is 4.39 Å². The Morgan fingerprint density at radius 2 is 2.25 bits per heavy atom. The van der Waals surface area contributed by atoms with Gasteiger partial charge in [0, 0.05) is 35.6 Å². The second kappa shape index (κ2) is 6.93. The molecule has 0 heterocycles. The standard InChI is InChI=1S/C15H21ClFN3/c1-3-8-19-15(18-4-2)20-13-9-10(13)14-11(16)6-5-7-12(14)17/h5-7,10,13H,3-4,8-9H2,1-2H3,(H2,18,19,20). The molecule has 2 atom stereocenters. The highest BCUT2D eigenvalue weighted by Crippen LogP contribution is 2.44. The molecule has 1 saturated carbocycles. The monoisotopic (exact) mass is 297 g/mol. The van der Waals surface area contributed by atoms with Crippen LogP contribution in [0.4, 0.5) is 4.39 Å². The van der Waals surface area contributed by atoms with Crippen molar-refractivity contribution in [3.8, 4) is 0 Å². The Hall–Kier alpha value is -1.29. The van der Waals surface area contributed by atoms with Gasteiger partial charge in [0.2, 0.25) is 0 Å². The summed E-state index contributed by atoms with van der Waals surface area (Å²) in [5.74, 6) is 0.714. The first-order valence-corrected chi connectivity index (χ1v) is 7.53. The molecule has 1 aromatic rings. The smallest absolute Gasteiger partial charge is 0.191 e. The van der Waals surface area contributed by atoms with Crippen LogP contribution in [0.5, 0.6) is 0 Å². The lowest BCUT2D eigenvalue weighted by atomic mass is 10.1. The highest BCUT2D eigenvalue weighted by atomic mass is 35.5. The Morgan fingerprint density at radius 3 is 2.90 bits per heavy atom. The molecule has 0 amide bonds. The van der Waals surface area contributed by atoms with Gasteiger partial charge in [-0.2, -0.15) is 0 Å². The van der Waals surface area contributed by atoms with Crippen molar-refractivity contribution in [2.75, 3.05) is 13.1 Å². The molecular formula is C15H21ClFN3. The van der Waals surface area contributed by atoms with Crippen molar-refractivity contribution >= 4 is 17.6 Å². The third-order valence-corrected chi connectivity index (χ3v) is 3.65. The zero-order chi connectivity index (χ0) is 14.5. The number of benzene rings is 1. The maximum Gasteiger partial charge on any atom is 0.191 e. The van der Waals surface area contributed by atoms with E-state index >= 15 is 0 Å². The van der Waals surface area contributed by atoms with Crippen LogP contribution < -0.4 is 10.6 Å². The van der Waals surface area contributed by atoms with Gasteiger partial charge in [-0.25, -0.2) is 4.39 Å². The van der Waals surface area contributed by atoms with Crippen molar-refractivity contribution in [2.45, 2.75) is 38.6 Å². The fraction of sp³-hybridized carbons (Fsp3) is 0.533. The largest absolute Gasteiger partial charge is 0.357 e. The molecule has 1 aromatic carbocycles. The van der Waals surface area contributed by atoms with Crippen LogP contribution in [0.3, 0.4) is 0 Å². The first kappa shape index (κ1) is 15.1. The Kier molecular flexibility index (Phi) is 5.24. The van der Waals surface area contributed by atoms with E-state index in [9.17, 15) is 4.39 Å². The molecule has 0 saturated heterocycles. The second-order valence-electron chi connectivity index (χ2n) is 4.99. The van der Waals surface area contributed by atoms with E-state index in [0.717, 1.165) is 31.9 Å². The molecule has 3 nitrogen and oxygen atoms in total. The van der Waals surface area contributed by atoms with Crippen LogP contribution in [0.2, 0.25) is 5.02 Å². The summed E-state index contributed by atoms with van der Waals surface area (Å²) < 4.78 is 13.8. The maximum absolute atomic E-state index is 13.8. The zero-order valence-corrected chi connectivity index (χ0v) is 12.7. The number of hydrogen-bond acceptors (Lipinski definition) is 1. The highest BCUT2D eigenvalue weighted by molar-refractivity contribution is 6.31. The molecule has 5 heteroatoms. The molecule has 20 heavy (non-hydrogen) atoms. The van der Waals surface area contributed by atoms with E-state index in [-0.39, 0.29) is 17.8 Å². The third kappa shape index (κ3) is 3.63. The van der Waals surface area contributed by atoms with Crippen LogP contribution >= 0.6 is 11.6 Å². The van der Waals surface area contributed by atoms with Crippen LogP contribution in [-0.2, 0) is 0 Å². The zero-order valence-electron chi connectivity index (χ0n) is 11.9. The lowest BCUT2D eigenvalue weighted by Gasteiger charge is -2.11. The van der Waals surface area contributed by atoms with Gasteiger partial charge >= 0.3 is 0 Å². The maximum atomic E-state index is 13.8. The first-order valence-electron chi connectivity index (χ1n) is 7.16. The summed E-state index contributed by atoms with van der Waals surface area (Å²) in [5.41, 5.74) is 0.623. The Morgan fingerprint density at radius 1 is 1.45 bits per heavy atom. The normalized spacial score (nSPS) is 21.7. The predicted octanol–water partition coefficient (Wildman–Crippen LogP) is 3.30. The summed E-state index contributed by atoms with van der Waals surface area (Å²) >= 11 is 6.10. The molecule has 2 unspecified atom stereocenters. The minimum atomic E-state index is -0.220. The van der Waals surface area contributed by atoms with E-state index in [1.54, 1.807) is 12.1 Å². The number of nitrogens with one attached hydrogen (secondary N) is 2. The first-order chi connectivity index (χ1) is 9.67. The third-order valence-electron chi connectivity index (χ3n) is 3.32. The number of halogens is 2. The molecule has 0 aromatic heterocycles.